The van der Waals surface area contributed by atoms with Gasteiger partial charge in [0.15, 0.2) is 69.8 Å². The maximum atomic E-state index is 16.3. The van der Waals surface area contributed by atoms with Crippen LogP contribution in [0.25, 0.3) is 0 Å². The molecule has 0 spiro atoms. The molecule has 24 heteroatoms. The fourth-order valence-electron chi connectivity index (χ4n) is 18.2. The zero-order valence-corrected chi connectivity index (χ0v) is 56.7. The zero-order valence-electron chi connectivity index (χ0n) is 54.9. The molecule has 14 rings (SSSR count). The number of benzene rings is 10. The Hall–Kier alpha value is -8.73. The lowest BCUT2D eigenvalue weighted by molar-refractivity contribution is 0.381. The number of fused-ring (bicyclic) bond motifs is 2. The van der Waals surface area contributed by atoms with Crippen molar-refractivity contribution in [2.75, 3.05) is 0 Å². The van der Waals surface area contributed by atoms with Gasteiger partial charge in [-0.05, 0) is 111 Å². The molecule has 0 bridgehead atoms. The highest BCUT2D eigenvalue weighted by atomic mass is 31.2. The highest BCUT2D eigenvalue weighted by Crippen LogP contribution is 2.69. The van der Waals surface area contributed by atoms with Gasteiger partial charge in [-0.15, -0.1) is 58.3 Å². The summed E-state index contributed by atoms with van der Waals surface area (Å²) in [5.74, 6) is -49.1. The molecule has 0 saturated carbocycles. The van der Waals surface area contributed by atoms with Crippen LogP contribution in [0.4, 0.5) is 87.8 Å². The molecular weight excluding hydrogens is 1420 g/mol. The van der Waals surface area contributed by atoms with Crippen molar-refractivity contribution >= 4 is 80.5 Å². The maximum Gasteiger partial charge on any atom is 0.200 e. The van der Waals surface area contributed by atoms with Gasteiger partial charge in [-0.3, -0.25) is 0 Å². The van der Waals surface area contributed by atoms with Gasteiger partial charge >= 0.3 is 0 Å². The molecule has 536 valence electrons. The molecule has 2 heterocycles. The van der Waals surface area contributed by atoms with E-state index in [1.54, 1.807) is 121 Å². The third-order valence-electron chi connectivity index (χ3n) is 22.3. The van der Waals surface area contributed by atoms with Gasteiger partial charge in [0, 0.05) is 11.8 Å². The minimum atomic E-state index is -4.02. The van der Waals surface area contributed by atoms with Gasteiger partial charge in [0.25, 0.3) is 0 Å². The minimum absolute atomic E-state index is 0.409. The fraction of sp³-hybridized carbons (Fsp3) is 0.200. The largest absolute Gasteiger partial charge is 0.207 e. The predicted octanol–water partition coefficient (Wildman–Crippen LogP) is 18.3. The highest BCUT2D eigenvalue weighted by Gasteiger charge is 2.63. The Morgan fingerprint density at radius 3 is 0.606 bits per heavy atom. The van der Waals surface area contributed by atoms with E-state index in [0.29, 0.717) is 62.5 Å². The van der Waals surface area contributed by atoms with Crippen LogP contribution in [-0.4, -0.2) is 23.6 Å². The van der Waals surface area contributed by atoms with Crippen molar-refractivity contribution in [1.29, 1.82) is 0 Å². The fourth-order valence-corrected chi connectivity index (χ4v) is 29.3. The number of allylic oxidation sites excluding steroid dienone is 4. The van der Waals surface area contributed by atoms with Crippen molar-refractivity contribution in [1.82, 2.24) is 0 Å². The summed E-state index contributed by atoms with van der Waals surface area (Å²) in [4.78, 5) is 0. The first kappa shape index (κ1) is 73.6. The van der Waals surface area contributed by atoms with Gasteiger partial charge in [-0.2, -0.15) is 0 Å². The Morgan fingerprint density at radius 1 is 0.231 bits per heavy atom. The van der Waals surface area contributed by atoms with E-state index in [-0.39, 0.29) is 0 Å². The molecule has 0 unspecified atom stereocenters. The van der Waals surface area contributed by atoms with Gasteiger partial charge in [-0.25, -0.2) is 87.8 Å². The van der Waals surface area contributed by atoms with Gasteiger partial charge in [0.2, 0.25) is 0 Å². The van der Waals surface area contributed by atoms with Crippen LogP contribution in [0.3, 0.4) is 0 Å². The summed E-state index contributed by atoms with van der Waals surface area (Å²) in [6.45, 7) is 0. The van der Waals surface area contributed by atoms with Crippen LogP contribution in [-0.2, 0) is 0 Å². The van der Waals surface area contributed by atoms with Crippen LogP contribution in [0.5, 0.6) is 0 Å². The molecule has 2 aliphatic carbocycles. The SMILES string of the molecule is Fc1c(F)c(F)c([B-]2(c3c(F)c(F)c(F)c(F)c3F)CC3=CCCCC[C@@H]3[C@@H]([P+](c3ccccc3)(c3ccccc3)c3ccccc3)C2)c(F)c1F.Fc1c(F)c(F)c([B-]2(c3c(F)c(F)c(F)c(F)c3F)CC3=CCCCC[C@H]3[C@H]([P+](c3ccccc3)(c3ccccc3)c3ccccc3)C2)c(F)c1F. The smallest absolute Gasteiger partial charge is 0.200 e. The van der Waals surface area contributed by atoms with Gasteiger partial charge in [-0.1, -0.05) is 134 Å². The molecule has 10 aromatic carbocycles. The van der Waals surface area contributed by atoms with Gasteiger partial charge in [0.05, 0.1) is 23.6 Å². The molecule has 0 nitrogen and oxygen atoms in total. The molecule has 0 aromatic heterocycles. The standard InChI is InChI=1S/2C40H30BF10P/c2*42-31-29(32(43)36(47)39(50)35(31)46)41(30-33(44)37(48)40(51)38(49)34(30)45)21-23-13-5-1-12-20-27(23)28(22-41)52(24-14-6-2-7-15-24,25-16-8-3-9-17-25)26-18-10-4-11-19-26/h2*2-4,6-11,13-19,27-28H,1,5,12,20-22H2/t2*27-,28-/m10/s1. The quantitative estimate of drug-likeness (QED) is 0.0286. The Kier molecular flexibility index (Phi) is 20.7. The molecule has 4 aliphatic rings. The van der Waals surface area contributed by atoms with Crippen LogP contribution < -0.4 is 53.7 Å². The summed E-state index contributed by atoms with van der Waals surface area (Å²) in [6.07, 6.45) is -2.85. The van der Waals surface area contributed by atoms with Crippen LogP contribution in [0.15, 0.2) is 205 Å². The Bertz CT molecular complexity index is 4220. The number of halogens is 20. The number of hydrogen-bond acceptors (Lipinski definition) is 0. The lowest BCUT2D eigenvalue weighted by atomic mass is 9.12. The van der Waals surface area contributed by atoms with Crippen LogP contribution in [0, 0.1) is 128 Å². The third kappa shape index (κ3) is 11.8. The van der Waals surface area contributed by atoms with E-state index in [1.165, 1.54) is 0 Å². The summed E-state index contributed by atoms with van der Waals surface area (Å²) in [6, 6.07) is 54.4. The molecule has 0 amide bonds. The van der Waals surface area contributed by atoms with Crippen molar-refractivity contribution in [3.8, 4) is 0 Å². The van der Waals surface area contributed by atoms with E-state index in [9.17, 15) is 17.6 Å². The van der Waals surface area contributed by atoms with Crippen LogP contribution in [0.2, 0.25) is 25.3 Å². The summed E-state index contributed by atoms with van der Waals surface area (Å²) in [5.41, 5.74) is -7.28. The van der Waals surface area contributed by atoms with Crippen molar-refractivity contribution < 1.29 is 87.8 Å². The molecule has 0 radical (unpaired) electrons. The maximum absolute atomic E-state index is 16.3. The Morgan fingerprint density at radius 2 is 0.413 bits per heavy atom. The van der Waals surface area contributed by atoms with Crippen LogP contribution >= 0.6 is 14.5 Å². The summed E-state index contributed by atoms with van der Waals surface area (Å²) >= 11 is 0. The van der Waals surface area contributed by atoms with Crippen molar-refractivity contribution in [3.05, 3.63) is 322 Å². The second-order valence-electron chi connectivity index (χ2n) is 27.2. The van der Waals surface area contributed by atoms with E-state index in [1.807, 2.05) is 72.8 Å². The Labute approximate surface area is 587 Å². The first-order valence-electron chi connectivity index (χ1n) is 33.9. The minimum Gasteiger partial charge on any atom is -0.207 e. The summed E-state index contributed by atoms with van der Waals surface area (Å²) in [7, 11) is -6.45. The zero-order chi connectivity index (χ0) is 73.9. The Balaban J connectivity index is 0.000000185. The highest BCUT2D eigenvalue weighted by molar-refractivity contribution is 7.97. The lowest BCUT2D eigenvalue weighted by Crippen LogP contribution is -2.68. The summed E-state index contributed by atoms with van der Waals surface area (Å²) in [5, 5.41) is 4.43. The van der Waals surface area contributed by atoms with Crippen LogP contribution in [0.1, 0.15) is 51.4 Å². The van der Waals surface area contributed by atoms with E-state index < -0.39 is 213 Å². The van der Waals surface area contributed by atoms with E-state index >= 15 is 70.2 Å². The second kappa shape index (κ2) is 29.3. The monoisotopic (exact) mass is 1480 g/mol. The van der Waals surface area contributed by atoms with Gasteiger partial charge < -0.3 is 0 Å². The first-order valence-corrected chi connectivity index (χ1v) is 37.6. The average Bonchev–Trinajstić information content (AvgIpc) is 0.816. The molecule has 2 fully saturated rings. The predicted molar refractivity (Wildman–Crippen MR) is 372 cm³/mol. The summed E-state index contributed by atoms with van der Waals surface area (Å²) < 4.78 is 311. The van der Waals surface area contributed by atoms with E-state index in [0.717, 1.165) is 31.8 Å². The second-order valence-corrected chi connectivity index (χ2v) is 34.6. The molecule has 4 atom stereocenters. The van der Waals surface area contributed by atoms with E-state index in [4.69, 9.17) is 0 Å². The number of rotatable bonds is 12. The third-order valence-corrected chi connectivity index (χ3v) is 32.1. The molecule has 2 saturated heterocycles. The molecule has 10 aromatic rings. The van der Waals surface area contributed by atoms with Crippen molar-refractivity contribution in [3.63, 3.8) is 0 Å². The normalized spacial score (nSPS) is 18.8. The first-order chi connectivity index (χ1) is 49.9. The van der Waals surface area contributed by atoms with E-state index in [2.05, 4.69) is 0 Å². The van der Waals surface area contributed by atoms with Crippen molar-refractivity contribution in [2.45, 2.75) is 88.0 Å². The molecule has 104 heavy (non-hydrogen) atoms. The number of hydrogen-bond donors (Lipinski definition) is 0. The molecule has 2 aliphatic heterocycles. The lowest BCUT2D eigenvalue weighted by Gasteiger charge is -2.54. The average molecular weight is 1480 g/mol. The van der Waals surface area contributed by atoms with Crippen molar-refractivity contribution in [2.24, 2.45) is 11.8 Å². The molecular formula is C80H60B2F20P2. The topological polar surface area (TPSA) is 0 Å². The molecule has 0 N–H and O–H groups in total. The van der Waals surface area contributed by atoms with Gasteiger partial charge in [0.1, 0.15) is 92.9 Å².